The molecule has 0 unspecified atom stereocenters. The largest absolute Gasteiger partial charge is 0.493 e. The van der Waals surface area contributed by atoms with E-state index < -0.39 is 18.0 Å². The molecule has 3 aromatic carbocycles. The summed E-state index contributed by atoms with van der Waals surface area (Å²) < 4.78 is 19.6. The molecular formula is C34H28N4O6S. The standard InChI is InChI=1S/C34H28N4O6S/c1-20-29(33(41)43-4)31(23-15-16-26(44-21(2)39)27(17-23)42-3)38-32(40)28(45-34(38)35-20)18-24-19-37(25-13-9-6-10-14-25)36-30(24)22-11-7-5-8-12-22/h5-19,31H,1-4H3/b28-18+/t31-/m0/s1. The Bertz CT molecular complexity index is 2150. The Labute approximate surface area is 261 Å². The first-order valence-electron chi connectivity index (χ1n) is 14.0. The van der Waals surface area contributed by atoms with E-state index >= 15 is 0 Å². The highest BCUT2D eigenvalue weighted by Gasteiger charge is 2.34. The lowest BCUT2D eigenvalue weighted by molar-refractivity contribution is -0.136. The van der Waals surface area contributed by atoms with Crippen molar-refractivity contribution < 1.29 is 23.8 Å². The van der Waals surface area contributed by atoms with Crippen LogP contribution in [-0.4, -0.2) is 40.5 Å². The number of hydrogen-bond acceptors (Lipinski definition) is 9. The van der Waals surface area contributed by atoms with E-state index in [1.807, 2.05) is 66.9 Å². The van der Waals surface area contributed by atoms with E-state index in [4.69, 9.17) is 19.3 Å². The van der Waals surface area contributed by atoms with Crippen LogP contribution in [0.2, 0.25) is 0 Å². The van der Waals surface area contributed by atoms with Gasteiger partial charge in [-0.15, -0.1) is 0 Å². The molecule has 1 aliphatic heterocycles. The number of methoxy groups -OCH3 is 2. The summed E-state index contributed by atoms with van der Waals surface area (Å²) in [6.07, 6.45) is 3.69. The number of hydrogen-bond donors (Lipinski definition) is 0. The molecule has 0 bridgehead atoms. The molecule has 0 saturated heterocycles. The van der Waals surface area contributed by atoms with Crippen LogP contribution in [0, 0.1) is 0 Å². The van der Waals surface area contributed by atoms with Crippen molar-refractivity contribution in [2.45, 2.75) is 19.9 Å². The highest BCUT2D eigenvalue weighted by molar-refractivity contribution is 7.07. The minimum absolute atomic E-state index is 0.209. The van der Waals surface area contributed by atoms with Crippen molar-refractivity contribution >= 4 is 29.4 Å². The van der Waals surface area contributed by atoms with E-state index in [-0.39, 0.29) is 22.6 Å². The SMILES string of the molecule is COC(=O)C1=C(C)N=c2s/c(=C/c3cn(-c4ccccc4)nc3-c3ccccc3)c(=O)n2[C@H]1c1ccc(OC(C)=O)c(OC)c1. The second-order valence-electron chi connectivity index (χ2n) is 10.2. The second kappa shape index (κ2) is 12.2. The zero-order chi connectivity index (χ0) is 31.7. The highest BCUT2D eigenvalue weighted by atomic mass is 32.1. The molecule has 3 heterocycles. The van der Waals surface area contributed by atoms with E-state index in [1.54, 1.807) is 35.9 Å². The summed E-state index contributed by atoms with van der Waals surface area (Å²) in [4.78, 5) is 44.1. The number of para-hydroxylation sites is 1. The lowest BCUT2D eigenvalue weighted by Gasteiger charge is -2.25. The number of nitrogens with zero attached hydrogens (tertiary/aromatic N) is 4. The van der Waals surface area contributed by atoms with Gasteiger partial charge in [0.2, 0.25) is 0 Å². The summed E-state index contributed by atoms with van der Waals surface area (Å²) in [5.41, 5.74) is 4.06. The van der Waals surface area contributed by atoms with Crippen LogP contribution >= 0.6 is 11.3 Å². The van der Waals surface area contributed by atoms with Gasteiger partial charge in [0, 0.05) is 24.2 Å². The Hall–Kier alpha value is -5.55. The van der Waals surface area contributed by atoms with E-state index in [2.05, 4.69) is 4.99 Å². The van der Waals surface area contributed by atoms with Crippen LogP contribution in [0.25, 0.3) is 23.0 Å². The topological polar surface area (TPSA) is 114 Å². The number of allylic oxidation sites excluding steroid dienone is 1. The number of aromatic nitrogens is 3. The molecule has 226 valence electrons. The van der Waals surface area contributed by atoms with Crippen molar-refractivity contribution in [3.05, 3.63) is 127 Å². The van der Waals surface area contributed by atoms with Gasteiger partial charge >= 0.3 is 11.9 Å². The third-order valence-electron chi connectivity index (χ3n) is 7.28. The zero-order valence-corrected chi connectivity index (χ0v) is 25.7. The minimum Gasteiger partial charge on any atom is -0.493 e. The lowest BCUT2D eigenvalue weighted by atomic mass is 9.95. The van der Waals surface area contributed by atoms with Gasteiger partial charge in [-0.25, -0.2) is 14.5 Å². The van der Waals surface area contributed by atoms with Crippen molar-refractivity contribution in [2.75, 3.05) is 14.2 Å². The molecule has 0 amide bonds. The van der Waals surface area contributed by atoms with Crippen LogP contribution < -0.4 is 24.4 Å². The van der Waals surface area contributed by atoms with Gasteiger partial charge in [0.05, 0.1) is 47.4 Å². The Morgan fingerprint density at radius 3 is 2.33 bits per heavy atom. The first-order valence-corrected chi connectivity index (χ1v) is 14.8. The van der Waals surface area contributed by atoms with Crippen LogP contribution in [0.5, 0.6) is 11.5 Å². The van der Waals surface area contributed by atoms with Crippen LogP contribution in [0.15, 0.2) is 106 Å². The summed E-state index contributed by atoms with van der Waals surface area (Å²) in [7, 11) is 2.73. The molecule has 0 aliphatic carbocycles. The van der Waals surface area contributed by atoms with E-state index in [9.17, 15) is 14.4 Å². The number of ether oxygens (including phenoxy) is 3. The molecule has 1 aliphatic rings. The number of benzene rings is 3. The normalized spacial score (nSPS) is 14.5. The Kier molecular flexibility index (Phi) is 8.01. The summed E-state index contributed by atoms with van der Waals surface area (Å²) >= 11 is 1.22. The van der Waals surface area contributed by atoms with Crippen LogP contribution in [0.3, 0.4) is 0 Å². The van der Waals surface area contributed by atoms with E-state index in [0.717, 1.165) is 16.8 Å². The quantitative estimate of drug-likeness (QED) is 0.198. The zero-order valence-electron chi connectivity index (χ0n) is 24.9. The van der Waals surface area contributed by atoms with Gasteiger partial charge in [0.25, 0.3) is 5.56 Å². The summed E-state index contributed by atoms with van der Waals surface area (Å²) in [6, 6.07) is 23.5. The molecule has 2 aromatic heterocycles. The fourth-order valence-corrected chi connectivity index (χ4v) is 6.31. The van der Waals surface area contributed by atoms with Crippen LogP contribution in [-0.2, 0) is 14.3 Å². The Morgan fingerprint density at radius 1 is 0.956 bits per heavy atom. The molecule has 1 atom stereocenters. The van der Waals surface area contributed by atoms with Gasteiger partial charge < -0.3 is 14.2 Å². The van der Waals surface area contributed by atoms with E-state index in [0.29, 0.717) is 26.3 Å². The van der Waals surface area contributed by atoms with Crippen molar-refractivity contribution in [3.63, 3.8) is 0 Å². The second-order valence-corrected chi connectivity index (χ2v) is 11.2. The van der Waals surface area contributed by atoms with Gasteiger partial charge in [-0.2, -0.15) is 5.10 Å². The lowest BCUT2D eigenvalue weighted by Crippen LogP contribution is -2.39. The average molecular weight is 621 g/mol. The highest BCUT2D eigenvalue weighted by Crippen LogP contribution is 2.36. The summed E-state index contributed by atoms with van der Waals surface area (Å²) in [6.45, 7) is 3.00. The Balaban J connectivity index is 1.56. The maximum absolute atomic E-state index is 14.2. The fraction of sp³-hybridized carbons (Fsp3) is 0.147. The first-order chi connectivity index (χ1) is 21.8. The average Bonchev–Trinajstić information content (AvgIpc) is 3.61. The minimum atomic E-state index is -0.878. The van der Waals surface area contributed by atoms with Gasteiger partial charge in [0.15, 0.2) is 16.3 Å². The molecule has 10 nitrogen and oxygen atoms in total. The first kappa shape index (κ1) is 29.5. The summed E-state index contributed by atoms with van der Waals surface area (Å²) in [5.74, 6) is -0.644. The molecule has 0 N–H and O–H groups in total. The maximum atomic E-state index is 14.2. The maximum Gasteiger partial charge on any atom is 0.338 e. The molecule has 5 aromatic rings. The monoisotopic (exact) mass is 620 g/mol. The van der Waals surface area contributed by atoms with Crippen molar-refractivity contribution in [2.24, 2.45) is 4.99 Å². The Morgan fingerprint density at radius 2 is 1.67 bits per heavy atom. The van der Waals surface area contributed by atoms with E-state index in [1.165, 1.54) is 37.0 Å². The summed E-state index contributed by atoms with van der Waals surface area (Å²) in [5, 5.41) is 4.87. The number of thiazole rings is 1. The molecule has 0 spiro atoms. The molecular weight excluding hydrogens is 592 g/mol. The third kappa shape index (κ3) is 5.61. The fourth-order valence-electron chi connectivity index (χ4n) is 5.27. The van der Waals surface area contributed by atoms with Crippen LogP contribution in [0.4, 0.5) is 0 Å². The number of carbonyl (C=O) groups is 2. The molecule has 11 heteroatoms. The smallest absolute Gasteiger partial charge is 0.338 e. The van der Waals surface area contributed by atoms with Gasteiger partial charge in [-0.3, -0.25) is 14.2 Å². The predicted octanol–water partition coefficient (Wildman–Crippen LogP) is 4.19. The molecule has 45 heavy (non-hydrogen) atoms. The predicted molar refractivity (Wildman–Crippen MR) is 169 cm³/mol. The van der Waals surface area contributed by atoms with Crippen LogP contribution in [0.1, 0.15) is 31.0 Å². The third-order valence-corrected chi connectivity index (χ3v) is 8.26. The molecule has 6 rings (SSSR count). The molecule has 0 radical (unpaired) electrons. The number of rotatable bonds is 7. The van der Waals surface area contributed by atoms with Crippen molar-refractivity contribution in [1.29, 1.82) is 0 Å². The number of carbonyl (C=O) groups excluding carboxylic acids is 2. The number of fused-ring (bicyclic) bond motifs is 1. The molecule has 0 fully saturated rings. The number of esters is 2. The molecule has 0 saturated carbocycles. The van der Waals surface area contributed by atoms with Gasteiger partial charge in [0.1, 0.15) is 0 Å². The van der Waals surface area contributed by atoms with Gasteiger partial charge in [-0.1, -0.05) is 65.9 Å². The van der Waals surface area contributed by atoms with Crippen molar-refractivity contribution in [1.82, 2.24) is 14.3 Å². The van der Waals surface area contributed by atoms with Gasteiger partial charge in [-0.05, 0) is 42.8 Å². The van der Waals surface area contributed by atoms with Crippen molar-refractivity contribution in [3.8, 4) is 28.4 Å².